The molecule has 1 atom stereocenters. The number of nitrogens with one attached hydrogen (secondary N) is 1. The van der Waals surface area contributed by atoms with Crippen molar-refractivity contribution in [3.05, 3.63) is 6.33 Å². The summed E-state index contributed by atoms with van der Waals surface area (Å²) in [5, 5.41) is 0. The summed E-state index contributed by atoms with van der Waals surface area (Å²) < 4.78 is 0. The van der Waals surface area contributed by atoms with Gasteiger partial charge in [-0.15, -0.1) is 0 Å². The summed E-state index contributed by atoms with van der Waals surface area (Å²) in [6.07, 6.45) is 4.45. The van der Waals surface area contributed by atoms with E-state index in [0.717, 1.165) is 43.7 Å². The van der Waals surface area contributed by atoms with Crippen LogP contribution in [0.1, 0.15) is 19.3 Å². The summed E-state index contributed by atoms with van der Waals surface area (Å²) in [7, 11) is 1.89. The van der Waals surface area contributed by atoms with Crippen LogP contribution in [-0.4, -0.2) is 57.4 Å². The molecule has 0 saturated carbocycles. The quantitative estimate of drug-likeness (QED) is 0.789. The van der Waals surface area contributed by atoms with Gasteiger partial charge < -0.3 is 20.5 Å². The molecule has 8 nitrogen and oxygen atoms in total. The second-order valence-corrected chi connectivity index (χ2v) is 6.29. The summed E-state index contributed by atoms with van der Waals surface area (Å²) in [4.78, 5) is 32.3. The molecule has 0 radical (unpaired) electrons. The van der Waals surface area contributed by atoms with Gasteiger partial charge >= 0.3 is 0 Å². The number of fused-ring (bicyclic) bond motifs is 1. The maximum Gasteiger partial charge on any atom is 0.230 e. The number of likely N-dealkylation sites (tertiary alicyclic amines) is 1. The maximum atomic E-state index is 12.6. The van der Waals surface area contributed by atoms with Crippen LogP contribution in [0.3, 0.4) is 0 Å². The molecule has 2 aromatic rings. The molecule has 8 heteroatoms. The number of nitrogens with two attached hydrogens (primary N) is 1. The highest BCUT2D eigenvalue weighted by atomic mass is 16.2. The molecule has 1 spiro atoms. The van der Waals surface area contributed by atoms with E-state index < -0.39 is 0 Å². The molecule has 4 heterocycles. The van der Waals surface area contributed by atoms with Crippen LogP contribution in [0.15, 0.2) is 6.33 Å². The number of nitrogens with zero attached hydrogens (tertiary/aromatic N) is 5. The van der Waals surface area contributed by atoms with Crippen LogP contribution in [0.5, 0.6) is 0 Å². The minimum Gasteiger partial charge on any atom is -0.368 e. The summed E-state index contributed by atoms with van der Waals surface area (Å²) in [5.74, 6) is 1.21. The minimum atomic E-state index is -0.279. The van der Waals surface area contributed by atoms with Crippen molar-refractivity contribution >= 4 is 28.8 Å². The number of hydrogen-bond acceptors (Lipinski definition) is 6. The summed E-state index contributed by atoms with van der Waals surface area (Å²) in [6.45, 7) is 2.33. The number of carbonyl (C=O) groups is 1. The molecule has 1 unspecified atom stereocenters. The first-order chi connectivity index (χ1) is 10.6. The fraction of sp³-hybridized carbons (Fsp3) is 0.571. The molecule has 0 aliphatic carbocycles. The van der Waals surface area contributed by atoms with Crippen molar-refractivity contribution in [1.29, 1.82) is 0 Å². The molecule has 2 fully saturated rings. The Labute approximate surface area is 127 Å². The van der Waals surface area contributed by atoms with E-state index in [1.807, 2.05) is 11.9 Å². The highest BCUT2D eigenvalue weighted by molar-refractivity contribution is 5.87. The third kappa shape index (κ3) is 1.83. The Morgan fingerprint density at radius 2 is 2.18 bits per heavy atom. The summed E-state index contributed by atoms with van der Waals surface area (Å²) >= 11 is 0. The largest absolute Gasteiger partial charge is 0.368 e. The number of anilines is 2. The molecule has 2 aliphatic heterocycles. The number of carbonyl (C=O) groups excluding carboxylic acids is 1. The van der Waals surface area contributed by atoms with Crippen molar-refractivity contribution in [3.8, 4) is 0 Å². The van der Waals surface area contributed by atoms with Crippen LogP contribution >= 0.6 is 0 Å². The number of imidazole rings is 1. The fourth-order valence-corrected chi connectivity index (χ4v) is 3.76. The Bertz CT molecular complexity index is 742. The van der Waals surface area contributed by atoms with Crippen molar-refractivity contribution < 1.29 is 4.79 Å². The van der Waals surface area contributed by atoms with E-state index in [-0.39, 0.29) is 17.3 Å². The van der Waals surface area contributed by atoms with E-state index >= 15 is 0 Å². The number of aromatic nitrogens is 4. The lowest BCUT2D eigenvalue weighted by molar-refractivity contribution is -0.143. The van der Waals surface area contributed by atoms with E-state index in [1.165, 1.54) is 0 Å². The number of H-pyrrole nitrogens is 1. The normalized spacial score (nSPS) is 25.6. The predicted molar refractivity (Wildman–Crippen MR) is 82.2 cm³/mol. The third-order valence-electron chi connectivity index (χ3n) is 4.89. The van der Waals surface area contributed by atoms with Crippen molar-refractivity contribution in [2.45, 2.75) is 19.3 Å². The zero-order valence-corrected chi connectivity index (χ0v) is 12.5. The van der Waals surface area contributed by atoms with Gasteiger partial charge in [-0.05, 0) is 19.3 Å². The van der Waals surface area contributed by atoms with Gasteiger partial charge in [-0.2, -0.15) is 9.97 Å². The number of rotatable bonds is 1. The number of hydrogen-bond donors (Lipinski definition) is 2. The van der Waals surface area contributed by atoms with E-state index in [9.17, 15) is 4.79 Å². The minimum absolute atomic E-state index is 0.211. The summed E-state index contributed by atoms with van der Waals surface area (Å²) in [6, 6.07) is 0. The smallest absolute Gasteiger partial charge is 0.230 e. The van der Waals surface area contributed by atoms with Gasteiger partial charge in [-0.3, -0.25) is 4.79 Å². The molecule has 22 heavy (non-hydrogen) atoms. The van der Waals surface area contributed by atoms with Gasteiger partial charge in [0.2, 0.25) is 11.9 Å². The second kappa shape index (κ2) is 4.56. The third-order valence-corrected chi connectivity index (χ3v) is 4.89. The SMILES string of the molecule is CN1CCCC2(CCN(c3nc(N)nc4nc[nH]c34)C2)C1=O. The van der Waals surface area contributed by atoms with Gasteiger partial charge in [-0.25, -0.2) is 4.98 Å². The second-order valence-electron chi connectivity index (χ2n) is 6.29. The van der Waals surface area contributed by atoms with Crippen molar-refractivity contribution in [2.24, 2.45) is 5.41 Å². The topological polar surface area (TPSA) is 104 Å². The van der Waals surface area contributed by atoms with E-state index in [2.05, 4.69) is 24.8 Å². The fourth-order valence-electron chi connectivity index (χ4n) is 3.76. The standard InChI is InChI=1S/C14H19N7O/c1-20-5-2-3-14(12(20)22)4-6-21(7-14)11-9-10(17-8-16-9)18-13(15)19-11/h8H,2-7H2,1H3,(H3,15,16,17,18,19). The zero-order chi connectivity index (χ0) is 15.3. The average molecular weight is 301 g/mol. The molecular formula is C14H19N7O. The highest BCUT2D eigenvalue weighted by Gasteiger charge is 2.48. The van der Waals surface area contributed by atoms with Crippen LogP contribution < -0.4 is 10.6 Å². The van der Waals surface area contributed by atoms with Crippen LogP contribution in [0, 0.1) is 5.41 Å². The van der Waals surface area contributed by atoms with Crippen LogP contribution in [0.2, 0.25) is 0 Å². The molecule has 4 rings (SSSR count). The molecule has 2 saturated heterocycles. The molecule has 2 aromatic heterocycles. The number of nitrogen functional groups attached to an aromatic ring is 1. The zero-order valence-electron chi connectivity index (χ0n) is 12.5. The Hall–Kier alpha value is -2.38. The van der Waals surface area contributed by atoms with E-state index in [0.29, 0.717) is 12.2 Å². The Morgan fingerprint density at radius 1 is 1.32 bits per heavy atom. The van der Waals surface area contributed by atoms with E-state index in [4.69, 9.17) is 5.73 Å². The number of aromatic amines is 1. The van der Waals surface area contributed by atoms with Crippen molar-refractivity contribution in [2.75, 3.05) is 37.3 Å². The van der Waals surface area contributed by atoms with Crippen molar-refractivity contribution in [3.63, 3.8) is 0 Å². The average Bonchev–Trinajstić information content (AvgIpc) is 3.11. The highest BCUT2D eigenvalue weighted by Crippen LogP contribution is 2.41. The first kappa shape index (κ1) is 13.3. The van der Waals surface area contributed by atoms with Gasteiger partial charge in [0.15, 0.2) is 11.5 Å². The van der Waals surface area contributed by atoms with Crippen molar-refractivity contribution in [1.82, 2.24) is 24.8 Å². The number of amides is 1. The van der Waals surface area contributed by atoms with Crippen LogP contribution in [0.4, 0.5) is 11.8 Å². The van der Waals surface area contributed by atoms with Gasteiger partial charge in [0.05, 0.1) is 11.7 Å². The van der Waals surface area contributed by atoms with Crippen LogP contribution in [0.25, 0.3) is 11.2 Å². The maximum absolute atomic E-state index is 12.6. The molecular weight excluding hydrogens is 282 g/mol. The first-order valence-corrected chi connectivity index (χ1v) is 7.56. The molecule has 116 valence electrons. The van der Waals surface area contributed by atoms with E-state index in [1.54, 1.807) is 6.33 Å². The Balaban J connectivity index is 1.70. The number of piperidine rings is 1. The Morgan fingerprint density at radius 3 is 3.05 bits per heavy atom. The molecule has 0 aromatic carbocycles. The molecule has 0 bridgehead atoms. The van der Waals surface area contributed by atoms with Gasteiger partial charge in [-0.1, -0.05) is 0 Å². The lowest BCUT2D eigenvalue weighted by atomic mass is 9.78. The molecule has 3 N–H and O–H groups in total. The summed E-state index contributed by atoms with van der Waals surface area (Å²) in [5.41, 5.74) is 6.86. The molecule has 2 aliphatic rings. The van der Waals surface area contributed by atoms with Crippen LogP contribution in [-0.2, 0) is 4.79 Å². The van der Waals surface area contributed by atoms with Gasteiger partial charge in [0.25, 0.3) is 0 Å². The molecule has 1 amide bonds. The Kier molecular flexibility index (Phi) is 2.75. The van der Waals surface area contributed by atoms with Gasteiger partial charge in [0.1, 0.15) is 5.52 Å². The lowest BCUT2D eigenvalue weighted by Gasteiger charge is -2.37. The first-order valence-electron chi connectivity index (χ1n) is 7.56. The lowest BCUT2D eigenvalue weighted by Crippen LogP contribution is -2.48. The predicted octanol–water partition coefficient (Wildman–Crippen LogP) is 0.384. The van der Waals surface area contributed by atoms with Gasteiger partial charge in [0, 0.05) is 26.7 Å². The monoisotopic (exact) mass is 301 g/mol.